The van der Waals surface area contributed by atoms with Crippen LogP contribution >= 0.6 is 47.8 Å². The SMILES string of the molecule is N#C/C(=C/c1cc(O)c(O)c(Br)c1Br)C(=O)Nc1ccc(Br)cc1. The zero-order valence-corrected chi connectivity index (χ0v) is 16.6. The molecule has 0 aliphatic carbocycles. The second-order valence-electron chi connectivity index (χ2n) is 4.59. The molecule has 1 amide bonds. The number of rotatable bonds is 3. The number of phenolic OH excluding ortho intramolecular Hbond substituents is 2. The van der Waals surface area contributed by atoms with E-state index >= 15 is 0 Å². The van der Waals surface area contributed by atoms with Gasteiger partial charge < -0.3 is 15.5 Å². The average Bonchev–Trinajstić information content (AvgIpc) is 2.57. The lowest BCUT2D eigenvalue weighted by molar-refractivity contribution is -0.112. The third kappa shape index (κ3) is 4.17. The fraction of sp³-hybridized carbons (Fsp3) is 0. The molecule has 24 heavy (non-hydrogen) atoms. The normalized spacial score (nSPS) is 11.0. The summed E-state index contributed by atoms with van der Waals surface area (Å²) in [6.45, 7) is 0. The van der Waals surface area contributed by atoms with Crippen LogP contribution in [0.2, 0.25) is 0 Å². The van der Waals surface area contributed by atoms with Crippen LogP contribution < -0.4 is 5.32 Å². The van der Waals surface area contributed by atoms with Crippen LogP contribution in [0.5, 0.6) is 11.5 Å². The molecule has 0 unspecified atom stereocenters. The maximum absolute atomic E-state index is 12.2. The van der Waals surface area contributed by atoms with Gasteiger partial charge in [-0.1, -0.05) is 15.9 Å². The molecule has 0 saturated carbocycles. The second-order valence-corrected chi connectivity index (χ2v) is 7.09. The average molecular weight is 517 g/mol. The van der Waals surface area contributed by atoms with E-state index in [2.05, 4.69) is 53.1 Å². The van der Waals surface area contributed by atoms with Gasteiger partial charge in [-0.3, -0.25) is 4.79 Å². The predicted molar refractivity (Wildman–Crippen MR) is 102 cm³/mol. The molecule has 0 heterocycles. The highest BCUT2D eigenvalue weighted by Crippen LogP contribution is 2.41. The van der Waals surface area contributed by atoms with Gasteiger partial charge in [-0.25, -0.2) is 0 Å². The van der Waals surface area contributed by atoms with Crippen molar-refractivity contribution in [2.45, 2.75) is 0 Å². The molecule has 0 saturated heterocycles. The Morgan fingerprint density at radius 1 is 1.12 bits per heavy atom. The van der Waals surface area contributed by atoms with Gasteiger partial charge in [-0.05, 0) is 73.8 Å². The molecule has 2 rings (SSSR count). The van der Waals surface area contributed by atoms with Gasteiger partial charge in [0.1, 0.15) is 11.6 Å². The highest BCUT2D eigenvalue weighted by atomic mass is 79.9. The summed E-state index contributed by atoms with van der Waals surface area (Å²) in [5, 5.41) is 31.2. The van der Waals surface area contributed by atoms with Gasteiger partial charge in [-0.2, -0.15) is 5.26 Å². The van der Waals surface area contributed by atoms with Crippen LogP contribution in [0.15, 0.2) is 49.3 Å². The zero-order valence-electron chi connectivity index (χ0n) is 11.8. The van der Waals surface area contributed by atoms with E-state index in [1.165, 1.54) is 12.1 Å². The summed E-state index contributed by atoms with van der Waals surface area (Å²) in [4.78, 5) is 12.2. The number of halogens is 3. The van der Waals surface area contributed by atoms with E-state index in [1.54, 1.807) is 24.3 Å². The summed E-state index contributed by atoms with van der Waals surface area (Å²) < 4.78 is 1.49. The lowest BCUT2D eigenvalue weighted by Gasteiger charge is -2.08. The number of carbonyl (C=O) groups is 1. The Balaban J connectivity index is 2.34. The van der Waals surface area contributed by atoms with E-state index in [9.17, 15) is 20.3 Å². The van der Waals surface area contributed by atoms with Crippen LogP contribution in [0.4, 0.5) is 5.69 Å². The second kappa shape index (κ2) is 7.83. The third-order valence-electron chi connectivity index (χ3n) is 2.96. The van der Waals surface area contributed by atoms with Crippen molar-refractivity contribution in [2.75, 3.05) is 5.32 Å². The molecule has 0 aliphatic rings. The smallest absolute Gasteiger partial charge is 0.266 e. The number of anilines is 1. The molecular weight excluding hydrogens is 508 g/mol. The van der Waals surface area contributed by atoms with Crippen molar-refractivity contribution in [3.05, 3.63) is 54.9 Å². The van der Waals surface area contributed by atoms with Gasteiger partial charge in [0.15, 0.2) is 11.5 Å². The third-order valence-corrected chi connectivity index (χ3v) is 5.64. The first-order chi connectivity index (χ1) is 11.3. The van der Waals surface area contributed by atoms with E-state index < -0.39 is 5.91 Å². The van der Waals surface area contributed by atoms with Crippen LogP contribution in [0.1, 0.15) is 5.56 Å². The molecule has 2 aromatic rings. The molecule has 0 bridgehead atoms. The number of aromatic hydroxyl groups is 2. The van der Waals surface area contributed by atoms with Crippen molar-refractivity contribution in [2.24, 2.45) is 0 Å². The Kier molecular flexibility index (Phi) is 6.04. The molecule has 5 nitrogen and oxygen atoms in total. The summed E-state index contributed by atoms with van der Waals surface area (Å²) >= 11 is 9.65. The molecule has 0 radical (unpaired) electrons. The van der Waals surface area contributed by atoms with Gasteiger partial charge in [0.25, 0.3) is 5.91 Å². The number of amides is 1. The lowest BCUT2D eigenvalue weighted by atomic mass is 10.1. The Hall–Kier alpha value is -1.82. The number of hydrogen-bond acceptors (Lipinski definition) is 4. The minimum Gasteiger partial charge on any atom is -0.504 e. The Bertz CT molecular complexity index is 872. The lowest BCUT2D eigenvalue weighted by Crippen LogP contribution is -2.13. The Morgan fingerprint density at radius 3 is 2.33 bits per heavy atom. The standard InChI is InChI=1S/C16H9Br3N2O3/c17-10-1-3-11(4-2-10)21-16(24)9(7-20)5-8-6-12(22)15(23)14(19)13(8)18/h1-6,22-23H,(H,21,24)/b9-5-. The first-order valence-corrected chi connectivity index (χ1v) is 8.80. The number of carbonyl (C=O) groups excluding carboxylic acids is 1. The van der Waals surface area contributed by atoms with Crippen molar-refractivity contribution in [3.8, 4) is 17.6 Å². The van der Waals surface area contributed by atoms with Gasteiger partial charge in [0.2, 0.25) is 0 Å². The van der Waals surface area contributed by atoms with E-state index in [0.29, 0.717) is 15.7 Å². The topological polar surface area (TPSA) is 93.3 Å². The maximum atomic E-state index is 12.2. The van der Waals surface area contributed by atoms with Crippen LogP contribution in [0, 0.1) is 11.3 Å². The summed E-state index contributed by atoms with van der Waals surface area (Å²) in [6, 6.07) is 9.97. The highest BCUT2D eigenvalue weighted by molar-refractivity contribution is 9.13. The monoisotopic (exact) mass is 514 g/mol. The molecule has 0 atom stereocenters. The van der Waals surface area contributed by atoms with Gasteiger partial charge in [0, 0.05) is 14.6 Å². The molecule has 0 spiro atoms. The minimum absolute atomic E-state index is 0.157. The first-order valence-electron chi connectivity index (χ1n) is 6.42. The van der Waals surface area contributed by atoms with Gasteiger partial charge in [-0.15, -0.1) is 0 Å². The number of phenols is 2. The van der Waals surface area contributed by atoms with E-state index in [4.69, 9.17) is 0 Å². The molecule has 0 aromatic heterocycles. The number of nitrogens with one attached hydrogen (secondary N) is 1. The Labute approximate surface area is 163 Å². The van der Waals surface area contributed by atoms with E-state index in [-0.39, 0.29) is 21.5 Å². The molecule has 122 valence electrons. The molecule has 3 N–H and O–H groups in total. The molecule has 0 aliphatic heterocycles. The predicted octanol–water partition coefficient (Wildman–Crippen LogP) is 4.93. The number of nitriles is 1. The molecule has 0 fully saturated rings. The quantitative estimate of drug-likeness (QED) is 0.306. The van der Waals surface area contributed by atoms with E-state index in [0.717, 1.165) is 4.47 Å². The zero-order chi connectivity index (χ0) is 17.9. The van der Waals surface area contributed by atoms with Crippen molar-refractivity contribution in [1.29, 1.82) is 5.26 Å². The van der Waals surface area contributed by atoms with Crippen LogP contribution in [-0.4, -0.2) is 16.1 Å². The summed E-state index contributed by atoms with van der Waals surface area (Å²) in [7, 11) is 0. The van der Waals surface area contributed by atoms with E-state index in [1.807, 2.05) is 6.07 Å². The summed E-state index contributed by atoms with van der Waals surface area (Å²) in [6.07, 6.45) is 1.31. The van der Waals surface area contributed by atoms with Crippen molar-refractivity contribution in [1.82, 2.24) is 0 Å². The number of nitrogens with zero attached hydrogens (tertiary/aromatic N) is 1. The maximum Gasteiger partial charge on any atom is 0.266 e. The minimum atomic E-state index is -0.588. The Morgan fingerprint density at radius 2 is 1.75 bits per heavy atom. The van der Waals surface area contributed by atoms with Crippen molar-refractivity contribution < 1.29 is 15.0 Å². The summed E-state index contributed by atoms with van der Waals surface area (Å²) in [5.74, 6) is -1.30. The fourth-order valence-electron chi connectivity index (χ4n) is 1.76. The number of benzene rings is 2. The van der Waals surface area contributed by atoms with Crippen LogP contribution in [-0.2, 0) is 4.79 Å². The largest absolute Gasteiger partial charge is 0.504 e. The first kappa shape index (κ1) is 18.5. The fourth-order valence-corrected chi connectivity index (χ4v) is 2.88. The molecule has 2 aromatic carbocycles. The van der Waals surface area contributed by atoms with Crippen molar-refractivity contribution in [3.63, 3.8) is 0 Å². The number of hydrogen-bond donors (Lipinski definition) is 3. The summed E-state index contributed by atoms with van der Waals surface area (Å²) in [5.41, 5.74) is 0.744. The van der Waals surface area contributed by atoms with Crippen LogP contribution in [0.25, 0.3) is 6.08 Å². The highest BCUT2D eigenvalue weighted by Gasteiger charge is 2.15. The molecule has 8 heteroatoms. The van der Waals surface area contributed by atoms with Crippen molar-refractivity contribution >= 4 is 65.5 Å². The van der Waals surface area contributed by atoms with Gasteiger partial charge >= 0.3 is 0 Å². The van der Waals surface area contributed by atoms with Gasteiger partial charge in [0.05, 0.1) is 4.47 Å². The van der Waals surface area contributed by atoms with Crippen LogP contribution in [0.3, 0.4) is 0 Å². The molecular formula is C16H9Br3N2O3.